The van der Waals surface area contributed by atoms with Crippen LogP contribution in [-0.2, 0) is 32.7 Å². The molecule has 0 aromatic carbocycles. The Hall–Kier alpha value is -1.03. The third-order valence-corrected chi connectivity index (χ3v) is 12.0. The number of hydrogen-bond acceptors (Lipinski definition) is 9. The first kappa shape index (κ1) is 57.0. The van der Waals surface area contributed by atoms with Crippen LogP contribution in [0.15, 0.2) is 0 Å². The van der Waals surface area contributed by atoms with Gasteiger partial charge in [0.1, 0.15) is 12.7 Å². The van der Waals surface area contributed by atoms with Crippen LogP contribution < -0.4 is 0 Å². The van der Waals surface area contributed by atoms with Crippen LogP contribution in [0, 0.1) is 0 Å². The van der Waals surface area contributed by atoms with Gasteiger partial charge in [-0.1, -0.05) is 226 Å². The van der Waals surface area contributed by atoms with Gasteiger partial charge in [0, 0.05) is 12.8 Å². The van der Waals surface area contributed by atoms with E-state index < -0.39 is 51.8 Å². The van der Waals surface area contributed by atoms with Crippen molar-refractivity contribution in [2.24, 2.45) is 0 Å². The maximum absolute atomic E-state index is 12.6. The minimum atomic E-state index is -4.61. The van der Waals surface area contributed by atoms with Crippen molar-refractivity contribution >= 4 is 19.8 Å². The first-order valence-electron chi connectivity index (χ1n) is 24.5. The molecule has 58 heavy (non-hydrogen) atoms. The summed E-state index contributed by atoms with van der Waals surface area (Å²) in [7, 11) is -4.61. The number of hydrogen-bond donors (Lipinski definition) is 3. The number of aliphatic hydroxyl groups is 2. The van der Waals surface area contributed by atoms with Gasteiger partial charge >= 0.3 is 19.8 Å². The van der Waals surface area contributed by atoms with E-state index in [0.29, 0.717) is 12.8 Å². The van der Waals surface area contributed by atoms with E-state index in [1.165, 1.54) is 180 Å². The van der Waals surface area contributed by atoms with Crippen molar-refractivity contribution in [2.75, 3.05) is 26.4 Å². The summed E-state index contributed by atoms with van der Waals surface area (Å²) in [6.45, 7) is 2.45. The van der Waals surface area contributed by atoms with Crippen molar-refractivity contribution in [2.45, 2.75) is 264 Å². The van der Waals surface area contributed by atoms with Gasteiger partial charge in [-0.2, -0.15) is 0 Å². The van der Waals surface area contributed by atoms with Crippen LogP contribution in [0.3, 0.4) is 0 Å². The highest BCUT2D eigenvalue weighted by molar-refractivity contribution is 7.47. The summed E-state index contributed by atoms with van der Waals surface area (Å²) in [5.74, 6) is -0.904. The molecule has 1 unspecified atom stereocenters. The Bertz CT molecular complexity index is 935. The minimum absolute atomic E-state index is 0.193. The maximum atomic E-state index is 12.6. The molecule has 346 valence electrons. The topological polar surface area (TPSA) is 149 Å². The fourth-order valence-electron chi connectivity index (χ4n) is 7.23. The average molecular weight is 849 g/mol. The summed E-state index contributed by atoms with van der Waals surface area (Å²) in [4.78, 5) is 35.1. The Morgan fingerprint density at radius 2 is 0.741 bits per heavy atom. The van der Waals surface area contributed by atoms with Gasteiger partial charge in [0.2, 0.25) is 0 Å². The zero-order valence-electron chi connectivity index (χ0n) is 37.8. The van der Waals surface area contributed by atoms with Crippen LogP contribution in [0.5, 0.6) is 0 Å². The number of ether oxygens (including phenoxy) is 2. The molecular formula is C47H93O10P. The standard InChI is InChI=1S/C47H93O10P/c1-3-5-7-9-11-13-15-17-19-21-23-24-26-28-30-32-34-36-38-46(50)54-42-45(43-56-58(52,53)55-41-44(49)40-48)57-47(51)39-37-35-33-31-29-27-25-22-20-18-16-14-12-10-8-6-4-2/h44-45,48-49H,3-43H2,1-2H3,(H,52,53)/t44-,45+/m0/s1. The van der Waals surface area contributed by atoms with Gasteiger partial charge in [-0.05, 0) is 12.8 Å². The normalized spacial score (nSPS) is 13.7. The summed E-state index contributed by atoms with van der Waals surface area (Å²) in [6, 6.07) is 0. The van der Waals surface area contributed by atoms with E-state index >= 15 is 0 Å². The molecule has 0 fully saturated rings. The highest BCUT2D eigenvalue weighted by Crippen LogP contribution is 2.43. The van der Waals surface area contributed by atoms with E-state index in [1.54, 1.807) is 0 Å². The predicted octanol–water partition coefficient (Wildman–Crippen LogP) is 13.4. The molecule has 3 atom stereocenters. The van der Waals surface area contributed by atoms with Crippen LogP contribution in [0.4, 0.5) is 0 Å². The van der Waals surface area contributed by atoms with Crippen molar-refractivity contribution in [3.63, 3.8) is 0 Å². The number of phosphoric acid groups is 1. The Morgan fingerprint density at radius 1 is 0.448 bits per heavy atom. The Balaban J connectivity index is 4.16. The molecule has 0 saturated heterocycles. The molecule has 0 aromatic heterocycles. The Labute approximate surface area is 356 Å². The third-order valence-electron chi connectivity index (χ3n) is 11.0. The molecule has 0 saturated carbocycles. The molecule has 10 nitrogen and oxygen atoms in total. The van der Waals surface area contributed by atoms with E-state index in [-0.39, 0.29) is 19.4 Å². The van der Waals surface area contributed by atoms with E-state index in [2.05, 4.69) is 13.8 Å². The second-order valence-corrected chi connectivity index (χ2v) is 18.3. The van der Waals surface area contributed by atoms with Gasteiger partial charge in [-0.25, -0.2) is 4.57 Å². The minimum Gasteiger partial charge on any atom is -0.462 e. The van der Waals surface area contributed by atoms with E-state index in [9.17, 15) is 24.2 Å². The summed E-state index contributed by atoms with van der Waals surface area (Å²) >= 11 is 0. The van der Waals surface area contributed by atoms with Crippen molar-refractivity contribution < 1.29 is 47.8 Å². The monoisotopic (exact) mass is 849 g/mol. The number of phosphoric ester groups is 1. The molecule has 0 aliphatic rings. The second-order valence-electron chi connectivity index (χ2n) is 16.9. The smallest absolute Gasteiger partial charge is 0.462 e. The molecule has 0 bridgehead atoms. The van der Waals surface area contributed by atoms with Crippen LogP contribution in [0.1, 0.15) is 251 Å². The number of unbranched alkanes of at least 4 members (excludes halogenated alkanes) is 33. The van der Waals surface area contributed by atoms with Gasteiger partial charge < -0.3 is 24.6 Å². The SMILES string of the molecule is CCCCCCCCCCCCCCCCCCCCC(=O)OC[C@H](COP(=O)(O)OC[C@@H](O)CO)OC(=O)CCCCCCCCCCCCCCCCCCC. The van der Waals surface area contributed by atoms with Crippen LogP contribution in [0.25, 0.3) is 0 Å². The molecule has 11 heteroatoms. The molecule has 0 heterocycles. The van der Waals surface area contributed by atoms with Crippen LogP contribution in [0.2, 0.25) is 0 Å². The Morgan fingerprint density at radius 3 is 1.07 bits per heavy atom. The zero-order chi connectivity index (χ0) is 42.6. The summed E-state index contributed by atoms with van der Waals surface area (Å²) in [6.07, 6.45) is 42.1. The molecule has 0 rings (SSSR count). The van der Waals surface area contributed by atoms with E-state index in [1.807, 2.05) is 0 Å². The first-order valence-corrected chi connectivity index (χ1v) is 26.0. The molecule has 0 amide bonds. The predicted molar refractivity (Wildman–Crippen MR) is 238 cm³/mol. The van der Waals surface area contributed by atoms with Gasteiger partial charge in [-0.15, -0.1) is 0 Å². The van der Waals surface area contributed by atoms with Crippen molar-refractivity contribution in [1.29, 1.82) is 0 Å². The van der Waals surface area contributed by atoms with Crippen LogP contribution in [-0.4, -0.2) is 65.7 Å². The second kappa shape index (κ2) is 44.0. The average Bonchev–Trinajstić information content (AvgIpc) is 3.21. The molecule has 0 aliphatic heterocycles. The van der Waals surface area contributed by atoms with E-state index in [0.717, 1.165) is 32.1 Å². The fourth-order valence-corrected chi connectivity index (χ4v) is 8.02. The lowest BCUT2D eigenvalue weighted by Gasteiger charge is -2.20. The van der Waals surface area contributed by atoms with Gasteiger partial charge in [0.25, 0.3) is 0 Å². The summed E-state index contributed by atoms with van der Waals surface area (Å²) in [5.41, 5.74) is 0. The lowest BCUT2D eigenvalue weighted by molar-refractivity contribution is -0.161. The highest BCUT2D eigenvalue weighted by atomic mass is 31.2. The molecule has 0 aromatic rings. The number of carbonyl (C=O) groups is 2. The zero-order valence-corrected chi connectivity index (χ0v) is 38.7. The van der Waals surface area contributed by atoms with Gasteiger partial charge in [0.05, 0.1) is 19.8 Å². The number of rotatable bonds is 47. The van der Waals surface area contributed by atoms with E-state index in [4.69, 9.17) is 23.6 Å². The maximum Gasteiger partial charge on any atom is 0.472 e. The number of esters is 2. The van der Waals surface area contributed by atoms with Crippen molar-refractivity contribution in [3.05, 3.63) is 0 Å². The lowest BCUT2D eigenvalue weighted by Crippen LogP contribution is -2.29. The van der Waals surface area contributed by atoms with Gasteiger partial charge in [0.15, 0.2) is 6.10 Å². The quantitative estimate of drug-likeness (QED) is 0.0307. The van der Waals surface area contributed by atoms with Crippen molar-refractivity contribution in [1.82, 2.24) is 0 Å². The Kier molecular flexibility index (Phi) is 43.3. The molecular weight excluding hydrogens is 755 g/mol. The molecule has 3 N–H and O–H groups in total. The highest BCUT2D eigenvalue weighted by Gasteiger charge is 2.27. The summed E-state index contributed by atoms with van der Waals surface area (Å²) < 4.78 is 32.8. The van der Waals surface area contributed by atoms with Crippen LogP contribution >= 0.6 is 7.82 Å². The largest absolute Gasteiger partial charge is 0.472 e. The number of aliphatic hydroxyl groups excluding tert-OH is 2. The fraction of sp³-hybridized carbons (Fsp3) is 0.957. The van der Waals surface area contributed by atoms with Gasteiger partial charge in [-0.3, -0.25) is 18.6 Å². The molecule has 0 radical (unpaired) electrons. The molecule has 0 spiro atoms. The first-order chi connectivity index (χ1) is 28.2. The van der Waals surface area contributed by atoms with Crippen molar-refractivity contribution in [3.8, 4) is 0 Å². The lowest BCUT2D eigenvalue weighted by atomic mass is 10.0. The third kappa shape index (κ3) is 43.1. The molecule has 0 aliphatic carbocycles. The number of carbonyl (C=O) groups excluding carboxylic acids is 2. The summed E-state index contributed by atoms with van der Waals surface area (Å²) in [5, 5.41) is 18.4.